The predicted octanol–water partition coefficient (Wildman–Crippen LogP) is 1.03. The van der Waals surface area contributed by atoms with E-state index in [-0.39, 0.29) is 17.9 Å². The molecule has 0 saturated carbocycles. The van der Waals surface area contributed by atoms with Gasteiger partial charge in [-0.05, 0) is 43.6 Å². The molecule has 1 saturated heterocycles. The van der Waals surface area contributed by atoms with Gasteiger partial charge in [0.25, 0.3) is 0 Å². The van der Waals surface area contributed by atoms with Gasteiger partial charge < -0.3 is 19.8 Å². The molecule has 0 radical (unpaired) electrons. The summed E-state index contributed by atoms with van der Waals surface area (Å²) in [5.41, 5.74) is 2.77. The normalized spacial score (nSPS) is 38.4. The molecule has 2 aliphatic heterocycles. The van der Waals surface area contributed by atoms with Crippen molar-refractivity contribution in [2.75, 3.05) is 13.6 Å². The second-order valence-corrected chi connectivity index (χ2v) is 7.78. The fraction of sp³-hybridized carbons (Fsp3) is 0.500. The van der Waals surface area contributed by atoms with Gasteiger partial charge in [0, 0.05) is 18.0 Å². The third-order valence-corrected chi connectivity index (χ3v) is 6.95. The van der Waals surface area contributed by atoms with Crippen LogP contribution < -0.4 is 4.74 Å². The summed E-state index contributed by atoms with van der Waals surface area (Å²) < 4.78 is 6.29. The second-order valence-electron chi connectivity index (χ2n) is 7.78. The van der Waals surface area contributed by atoms with Crippen LogP contribution in [0, 0.1) is 0 Å². The van der Waals surface area contributed by atoms with Crippen molar-refractivity contribution in [2.45, 2.75) is 42.4 Å². The number of benzene rings is 1. The highest BCUT2D eigenvalue weighted by Gasteiger charge is 2.72. The Balaban J connectivity index is 1.75. The van der Waals surface area contributed by atoms with E-state index in [0.29, 0.717) is 12.2 Å². The number of nitrogens with one attached hydrogen (secondary N) is 1. The molecule has 1 aromatic carbocycles. The number of hydrogen-bond donors (Lipinski definition) is 3. The van der Waals surface area contributed by atoms with Crippen molar-refractivity contribution in [2.24, 2.45) is 0 Å². The Bertz CT molecular complexity index is 894. The van der Waals surface area contributed by atoms with Gasteiger partial charge in [-0.25, -0.2) is 0 Å². The summed E-state index contributed by atoms with van der Waals surface area (Å²) in [6, 6.07) is 3.76. The molecule has 2 aromatic rings. The molecular weight excluding hydrogens is 306 g/mol. The largest absolute Gasteiger partial charge is 0.504 e. The molecule has 6 heteroatoms. The fourth-order valence-electron chi connectivity index (χ4n) is 5.92. The molecule has 1 fully saturated rings. The molecule has 6 rings (SSSR count). The number of piperidine rings is 1. The average Bonchev–Trinajstić information content (AvgIpc) is 3.13. The quantitative estimate of drug-likeness (QED) is 0.674. The van der Waals surface area contributed by atoms with Gasteiger partial charge in [-0.2, -0.15) is 5.10 Å². The third kappa shape index (κ3) is 1.15. The monoisotopic (exact) mass is 325 g/mol. The second kappa shape index (κ2) is 3.78. The van der Waals surface area contributed by atoms with Crippen LogP contribution in [0.1, 0.15) is 34.9 Å². The molecule has 4 aliphatic rings. The number of phenolic OH excluding ortho intramolecular Hbond substituents is 1. The van der Waals surface area contributed by atoms with Gasteiger partial charge in [0.1, 0.15) is 0 Å². The van der Waals surface area contributed by atoms with Crippen LogP contribution in [0.3, 0.4) is 0 Å². The SMILES string of the molecule is CN1CC[C@]23c4c5ccc(O)c4O[C@H]2c2[nH]ncc2C[C@@]3(O)[C@@H]1C5. The first-order valence-corrected chi connectivity index (χ1v) is 8.53. The number of hydrogen-bond acceptors (Lipinski definition) is 5. The molecule has 2 aliphatic carbocycles. The Hall–Kier alpha value is -2.05. The number of H-pyrrole nitrogens is 1. The van der Waals surface area contributed by atoms with Crippen LogP contribution >= 0.6 is 0 Å². The van der Waals surface area contributed by atoms with E-state index in [0.717, 1.165) is 36.2 Å². The van der Waals surface area contributed by atoms with Gasteiger partial charge in [0.05, 0.1) is 22.9 Å². The van der Waals surface area contributed by atoms with Gasteiger partial charge in [0.15, 0.2) is 17.6 Å². The highest BCUT2D eigenvalue weighted by molar-refractivity contribution is 5.64. The van der Waals surface area contributed by atoms with Crippen LogP contribution in [0.4, 0.5) is 0 Å². The van der Waals surface area contributed by atoms with Crippen LogP contribution in [0.2, 0.25) is 0 Å². The lowest BCUT2D eigenvalue weighted by Gasteiger charge is -2.62. The first-order valence-electron chi connectivity index (χ1n) is 8.53. The smallest absolute Gasteiger partial charge is 0.166 e. The Labute approximate surface area is 139 Å². The van der Waals surface area contributed by atoms with Crippen molar-refractivity contribution in [3.8, 4) is 11.5 Å². The topological polar surface area (TPSA) is 81.6 Å². The van der Waals surface area contributed by atoms with Gasteiger partial charge in [-0.3, -0.25) is 5.10 Å². The van der Waals surface area contributed by atoms with E-state index >= 15 is 0 Å². The third-order valence-electron chi connectivity index (χ3n) is 6.95. The zero-order valence-corrected chi connectivity index (χ0v) is 13.4. The molecule has 6 nitrogen and oxygen atoms in total. The first kappa shape index (κ1) is 13.3. The number of phenols is 1. The molecule has 1 spiro atoms. The maximum atomic E-state index is 12.0. The van der Waals surface area contributed by atoms with E-state index in [1.165, 1.54) is 5.56 Å². The van der Waals surface area contributed by atoms with E-state index in [9.17, 15) is 10.2 Å². The molecule has 0 amide bonds. The number of aliphatic hydroxyl groups is 1. The van der Waals surface area contributed by atoms with Gasteiger partial charge in [-0.15, -0.1) is 0 Å². The van der Waals surface area contributed by atoms with Gasteiger partial charge in [-0.1, -0.05) is 6.07 Å². The number of likely N-dealkylation sites (tertiary alicyclic amines) is 1. The standard InChI is InChI=1S/C18H19N3O3/c1-21-5-4-17-13-9-2-3-11(22)15(13)24-16(17)14-10(8-19-20-14)7-18(17,23)12(21)6-9/h2-3,8,12,16,22-23H,4-7H2,1H3,(H,19,20)/t12-,16-,17-,18+/m0/s1. The van der Waals surface area contributed by atoms with Crippen molar-refractivity contribution < 1.29 is 14.9 Å². The summed E-state index contributed by atoms with van der Waals surface area (Å²) in [7, 11) is 2.09. The number of aromatic nitrogens is 2. The summed E-state index contributed by atoms with van der Waals surface area (Å²) in [5, 5.41) is 29.7. The summed E-state index contributed by atoms with van der Waals surface area (Å²) in [6.45, 7) is 0.908. The Morgan fingerprint density at radius 2 is 2.25 bits per heavy atom. The molecule has 3 heterocycles. The molecule has 3 N–H and O–H groups in total. The molecule has 24 heavy (non-hydrogen) atoms. The number of likely N-dealkylation sites (N-methyl/N-ethyl adjacent to an activating group) is 1. The average molecular weight is 325 g/mol. The molecular formula is C18H19N3O3. The zero-order chi connectivity index (χ0) is 16.3. The number of aromatic amines is 1. The number of nitrogens with zero attached hydrogens (tertiary/aromatic N) is 2. The van der Waals surface area contributed by atoms with Crippen LogP contribution in [0.15, 0.2) is 18.3 Å². The van der Waals surface area contributed by atoms with E-state index in [1.54, 1.807) is 12.3 Å². The van der Waals surface area contributed by atoms with E-state index in [4.69, 9.17) is 4.74 Å². The van der Waals surface area contributed by atoms with E-state index in [1.807, 2.05) is 6.07 Å². The molecule has 124 valence electrons. The van der Waals surface area contributed by atoms with Crippen molar-refractivity contribution in [1.29, 1.82) is 0 Å². The Morgan fingerprint density at radius 1 is 1.38 bits per heavy atom. The summed E-state index contributed by atoms with van der Waals surface area (Å²) >= 11 is 0. The summed E-state index contributed by atoms with van der Waals surface area (Å²) in [6.07, 6.45) is 3.65. The minimum Gasteiger partial charge on any atom is -0.504 e. The minimum absolute atomic E-state index is 0.0448. The first-order chi connectivity index (χ1) is 11.6. The van der Waals surface area contributed by atoms with Crippen molar-refractivity contribution in [1.82, 2.24) is 15.1 Å². The van der Waals surface area contributed by atoms with Crippen LogP contribution in [0.25, 0.3) is 0 Å². The zero-order valence-electron chi connectivity index (χ0n) is 13.4. The van der Waals surface area contributed by atoms with Crippen LogP contribution in [0.5, 0.6) is 11.5 Å². The van der Waals surface area contributed by atoms with Crippen molar-refractivity contribution >= 4 is 0 Å². The van der Waals surface area contributed by atoms with E-state index in [2.05, 4.69) is 22.1 Å². The number of fused-ring (bicyclic) bond motifs is 2. The van der Waals surface area contributed by atoms with Crippen molar-refractivity contribution in [3.05, 3.63) is 40.7 Å². The molecule has 4 atom stereocenters. The van der Waals surface area contributed by atoms with Crippen LogP contribution in [-0.4, -0.2) is 50.5 Å². The van der Waals surface area contributed by atoms with Gasteiger partial charge >= 0.3 is 0 Å². The lowest BCUT2D eigenvalue weighted by atomic mass is 9.49. The molecule has 2 bridgehead atoms. The lowest BCUT2D eigenvalue weighted by molar-refractivity contribution is -0.167. The molecule has 0 unspecified atom stereocenters. The molecule has 1 aromatic heterocycles. The van der Waals surface area contributed by atoms with Crippen LogP contribution in [-0.2, 0) is 18.3 Å². The fourth-order valence-corrected chi connectivity index (χ4v) is 5.92. The Kier molecular flexibility index (Phi) is 2.09. The van der Waals surface area contributed by atoms with E-state index < -0.39 is 11.0 Å². The predicted molar refractivity (Wildman–Crippen MR) is 85.1 cm³/mol. The number of aromatic hydroxyl groups is 1. The number of ether oxygens (including phenoxy) is 1. The number of rotatable bonds is 0. The van der Waals surface area contributed by atoms with Gasteiger partial charge in [0.2, 0.25) is 0 Å². The Morgan fingerprint density at radius 3 is 3.12 bits per heavy atom. The minimum atomic E-state index is -0.909. The summed E-state index contributed by atoms with van der Waals surface area (Å²) in [5.74, 6) is 0.722. The maximum Gasteiger partial charge on any atom is 0.166 e. The highest BCUT2D eigenvalue weighted by Crippen LogP contribution is 2.68. The van der Waals surface area contributed by atoms with Crippen molar-refractivity contribution in [3.63, 3.8) is 0 Å². The summed E-state index contributed by atoms with van der Waals surface area (Å²) in [4.78, 5) is 2.28. The maximum absolute atomic E-state index is 12.0. The highest BCUT2D eigenvalue weighted by atomic mass is 16.5. The lowest BCUT2D eigenvalue weighted by Crippen LogP contribution is -2.73.